The van der Waals surface area contributed by atoms with E-state index in [0.29, 0.717) is 11.1 Å². The number of hydrogen-bond donors (Lipinski definition) is 1. The molecule has 2 aromatic carbocycles. The zero-order valence-electron chi connectivity index (χ0n) is 15.3. The average molecular weight is 434 g/mol. The second-order valence-corrected chi connectivity index (χ2v) is 8.01. The number of benzene rings is 2. The van der Waals surface area contributed by atoms with E-state index in [-0.39, 0.29) is 22.8 Å². The van der Waals surface area contributed by atoms with Crippen molar-refractivity contribution in [2.45, 2.75) is 24.2 Å². The molecule has 0 radical (unpaired) electrons. The molecule has 1 saturated heterocycles. The standard InChI is InChI=1S/C21H14F4N2O2S/c22-15-7-5-13(6-8-15)20(29)11-30-19-17(10-26)16(9-18(28)27(19)20)12-1-3-14(4-2-12)21(23,24)25/h1-8,16,29H,9,11H2/t16-,20+/m0/s1. The van der Waals surface area contributed by atoms with Crippen LogP contribution in [0, 0.1) is 17.1 Å². The van der Waals surface area contributed by atoms with Crippen LogP contribution < -0.4 is 0 Å². The molecule has 0 aromatic heterocycles. The Hall–Kier alpha value is -2.83. The number of amides is 1. The molecule has 2 aliphatic heterocycles. The lowest BCUT2D eigenvalue weighted by Crippen LogP contribution is -2.48. The lowest BCUT2D eigenvalue weighted by molar-refractivity contribution is -0.149. The third-order valence-electron chi connectivity index (χ3n) is 5.26. The van der Waals surface area contributed by atoms with Gasteiger partial charge in [-0.3, -0.25) is 9.69 Å². The normalized spacial score (nSPS) is 24.1. The molecular weight excluding hydrogens is 420 g/mol. The van der Waals surface area contributed by atoms with Gasteiger partial charge in [-0.1, -0.05) is 24.3 Å². The third kappa shape index (κ3) is 3.26. The summed E-state index contributed by atoms with van der Waals surface area (Å²) in [7, 11) is 0. The van der Waals surface area contributed by atoms with E-state index in [1.807, 2.05) is 0 Å². The second-order valence-electron chi connectivity index (χ2n) is 7.05. The van der Waals surface area contributed by atoms with Gasteiger partial charge < -0.3 is 5.11 Å². The van der Waals surface area contributed by atoms with Gasteiger partial charge in [-0.05, 0) is 29.8 Å². The van der Waals surface area contributed by atoms with Gasteiger partial charge in [0.25, 0.3) is 0 Å². The third-order valence-corrected chi connectivity index (χ3v) is 6.48. The minimum atomic E-state index is -4.48. The number of fused-ring (bicyclic) bond motifs is 1. The predicted molar refractivity (Wildman–Crippen MR) is 101 cm³/mol. The number of carbonyl (C=O) groups is 1. The molecule has 0 saturated carbocycles. The van der Waals surface area contributed by atoms with Crippen molar-refractivity contribution in [1.29, 1.82) is 5.26 Å². The fourth-order valence-corrected chi connectivity index (χ4v) is 5.10. The van der Waals surface area contributed by atoms with Crippen LogP contribution in [0.15, 0.2) is 59.1 Å². The lowest BCUT2D eigenvalue weighted by atomic mass is 9.85. The maximum Gasteiger partial charge on any atom is 0.416 e. The van der Waals surface area contributed by atoms with Gasteiger partial charge in [0.1, 0.15) is 5.82 Å². The Morgan fingerprint density at radius 1 is 1.13 bits per heavy atom. The van der Waals surface area contributed by atoms with Crippen LogP contribution in [0.2, 0.25) is 0 Å². The number of halogens is 4. The molecule has 1 N–H and O–H groups in total. The minimum absolute atomic E-state index is 0.0462. The molecule has 0 bridgehead atoms. The van der Waals surface area contributed by atoms with Gasteiger partial charge in [-0.15, -0.1) is 11.8 Å². The van der Waals surface area contributed by atoms with Gasteiger partial charge in [0.2, 0.25) is 5.91 Å². The Morgan fingerprint density at radius 3 is 2.33 bits per heavy atom. The summed E-state index contributed by atoms with van der Waals surface area (Å²) in [5.41, 5.74) is -1.62. The van der Waals surface area contributed by atoms with E-state index in [1.54, 1.807) is 0 Å². The predicted octanol–water partition coefficient (Wildman–Crippen LogP) is 4.49. The van der Waals surface area contributed by atoms with Crippen LogP contribution >= 0.6 is 11.8 Å². The molecule has 0 unspecified atom stereocenters. The fraction of sp³-hybridized carbons (Fsp3) is 0.238. The molecule has 4 nitrogen and oxygen atoms in total. The van der Waals surface area contributed by atoms with E-state index >= 15 is 0 Å². The molecule has 2 aromatic rings. The second kappa shape index (κ2) is 7.15. The highest BCUT2D eigenvalue weighted by molar-refractivity contribution is 8.03. The van der Waals surface area contributed by atoms with Crippen molar-refractivity contribution < 1.29 is 27.5 Å². The van der Waals surface area contributed by atoms with E-state index < -0.39 is 35.1 Å². The summed E-state index contributed by atoms with van der Waals surface area (Å²) in [5, 5.41) is 21.2. The SMILES string of the molecule is N#CC1=C2SC[C@@](O)(c3ccc(F)cc3)N2C(=O)C[C@H]1c1ccc(C(F)(F)F)cc1. The topological polar surface area (TPSA) is 64.3 Å². The molecule has 1 fully saturated rings. The molecule has 2 atom stereocenters. The Bertz CT molecular complexity index is 1070. The average Bonchev–Trinajstić information content (AvgIpc) is 3.07. The summed E-state index contributed by atoms with van der Waals surface area (Å²) in [6.45, 7) is 0. The Balaban J connectivity index is 1.74. The lowest BCUT2D eigenvalue weighted by Gasteiger charge is -2.38. The molecule has 154 valence electrons. The molecule has 0 spiro atoms. The van der Waals surface area contributed by atoms with Crippen LogP contribution in [-0.2, 0) is 16.7 Å². The van der Waals surface area contributed by atoms with Gasteiger partial charge in [0.05, 0.1) is 28.0 Å². The first-order valence-electron chi connectivity index (χ1n) is 8.91. The minimum Gasteiger partial charge on any atom is -0.366 e. The molecule has 30 heavy (non-hydrogen) atoms. The van der Waals surface area contributed by atoms with Gasteiger partial charge in [0, 0.05) is 17.9 Å². The zero-order valence-corrected chi connectivity index (χ0v) is 16.1. The van der Waals surface area contributed by atoms with Gasteiger partial charge >= 0.3 is 6.18 Å². The first-order chi connectivity index (χ1) is 14.1. The number of carbonyl (C=O) groups excluding carboxylic acids is 1. The van der Waals surface area contributed by atoms with Crippen molar-refractivity contribution in [1.82, 2.24) is 4.90 Å². The largest absolute Gasteiger partial charge is 0.416 e. The maximum atomic E-state index is 13.3. The Kier molecular flexibility index (Phi) is 4.87. The summed E-state index contributed by atoms with van der Waals surface area (Å²) in [5.74, 6) is -1.62. The summed E-state index contributed by atoms with van der Waals surface area (Å²) < 4.78 is 51.8. The Morgan fingerprint density at radius 2 is 1.77 bits per heavy atom. The van der Waals surface area contributed by atoms with E-state index in [4.69, 9.17) is 0 Å². The number of allylic oxidation sites excluding steroid dienone is 1. The van der Waals surface area contributed by atoms with Crippen LogP contribution in [0.1, 0.15) is 29.0 Å². The van der Waals surface area contributed by atoms with Gasteiger partial charge in [0.15, 0.2) is 5.72 Å². The highest BCUT2D eigenvalue weighted by Crippen LogP contribution is 2.51. The van der Waals surface area contributed by atoms with E-state index in [0.717, 1.165) is 28.8 Å². The quantitative estimate of drug-likeness (QED) is 0.708. The fourth-order valence-electron chi connectivity index (χ4n) is 3.74. The molecule has 9 heteroatoms. The van der Waals surface area contributed by atoms with Crippen molar-refractivity contribution in [2.75, 3.05) is 5.75 Å². The van der Waals surface area contributed by atoms with Crippen molar-refractivity contribution in [2.24, 2.45) is 0 Å². The molecule has 4 rings (SSSR count). The maximum absolute atomic E-state index is 13.3. The summed E-state index contributed by atoms with van der Waals surface area (Å²) in [4.78, 5) is 14.1. The van der Waals surface area contributed by atoms with E-state index in [9.17, 15) is 32.7 Å². The number of alkyl halides is 3. The first kappa shape index (κ1) is 20.4. The monoisotopic (exact) mass is 434 g/mol. The van der Waals surface area contributed by atoms with Crippen LogP contribution in [0.25, 0.3) is 0 Å². The van der Waals surface area contributed by atoms with Crippen LogP contribution in [0.5, 0.6) is 0 Å². The number of nitrogens with zero attached hydrogens (tertiary/aromatic N) is 2. The van der Waals surface area contributed by atoms with Gasteiger partial charge in [-0.2, -0.15) is 18.4 Å². The smallest absolute Gasteiger partial charge is 0.366 e. The van der Waals surface area contributed by atoms with Crippen LogP contribution in [-0.4, -0.2) is 21.7 Å². The van der Waals surface area contributed by atoms with Crippen molar-refractivity contribution >= 4 is 17.7 Å². The number of nitriles is 1. The zero-order chi connectivity index (χ0) is 21.7. The highest BCUT2D eigenvalue weighted by atomic mass is 32.2. The van der Waals surface area contributed by atoms with Crippen LogP contribution in [0.4, 0.5) is 17.6 Å². The number of aliphatic hydroxyl groups is 1. The van der Waals surface area contributed by atoms with Crippen molar-refractivity contribution in [3.63, 3.8) is 0 Å². The molecule has 0 aliphatic carbocycles. The highest BCUT2D eigenvalue weighted by Gasteiger charge is 2.51. The summed E-state index contributed by atoms with van der Waals surface area (Å²) in [6.07, 6.45) is -4.66. The summed E-state index contributed by atoms with van der Waals surface area (Å²) >= 11 is 1.11. The Labute approximate surface area is 173 Å². The molecule has 1 amide bonds. The number of thioether (sulfide) groups is 1. The number of rotatable bonds is 2. The molecular formula is C21H14F4N2O2S. The van der Waals surface area contributed by atoms with E-state index in [2.05, 4.69) is 6.07 Å². The first-order valence-corrected chi connectivity index (χ1v) is 9.89. The molecule has 2 heterocycles. The molecule has 2 aliphatic rings. The number of hydrogen-bond acceptors (Lipinski definition) is 4. The van der Waals surface area contributed by atoms with Gasteiger partial charge in [-0.25, -0.2) is 4.39 Å². The van der Waals surface area contributed by atoms with Crippen molar-refractivity contribution in [3.8, 4) is 6.07 Å². The van der Waals surface area contributed by atoms with Crippen molar-refractivity contribution in [3.05, 3.63) is 81.6 Å². The van der Waals surface area contributed by atoms with Crippen LogP contribution in [0.3, 0.4) is 0 Å². The summed E-state index contributed by atoms with van der Waals surface area (Å²) in [6, 6.07) is 11.5. The van der Waals surface area contributed by atoms with E-state index in [1.165, 1.54) is 36.4 Å².